The summed E-state index contributed by atoms with van der Waals surface area (Å²) in [5, 5.41) is 7.86. The topological polar surface area (TPSA) is 42.7 Å². The molecule has 0 spiro atoms. The maximum atomic E-state index is 13.6. The van der Waals surface area contributed by atoms with E-state index in [9.17, 15) is 4.39 Å². The van der Waals surface area contributed by atoms with Gasteiger partial charge in [-0.15, -0.1) is 0 Å². The van der Waals surface area contributed by atoms with Gasteiger partial charge in [0, 0.05) is 19.4 Å². The fraction of sp³-hybridized carbons (Fsp3) is 0.500. The van der Waals surface area contributed by atoms with Crippen molar-refractivity contribution in [1.29, 1.82) is 0 Å². The van der Waals surface area contributed by atoms with Gasteiger partial charge in [0.2, 0.25) is 0 Å². The van der Waals surface area contributed by atoms with Crippen LogP contribution in [0.5, 0.6) is 0 Å². The van der Waals surface area contributed by atoms with Crippen LogP contribution in [0.25, 0.3) is 5.69 Å². The first-order valence-electron chi connectivity index (χ1n) is 7.63. The van der Waals surface area contributed by atoms with Crippen LogP contribution in [0, 0.1) is 5.82 Å². The third-order valence-corrected chi connectivity index (χ3v) is 3.36. The van der Waals surface area contributed by atoms with Crippen molar-refractivity contribution in [3.8, 4) is 5.69 Å². The molecule has 1 N–H and O–H groups in total. The van der Waals surface area contributed by atoms with Crippen molar-refractivity contribution in [2.75, 3.05) is 6.54 Å². The van der Waals surface area contributed by atoms with E-state index in [2.05, 4.69) is 29.2 Å². The standard InChI is InChI=1S/C16H23FN4/c1-4-9-18-11-12-10-13(17)7-8-14(12)21-16(6-3)19-15(5-2)20-21/h7-8,10,18H,4-6,9,11H2,1-3H3. The highest BCUT2D eigenvalue weighted by atomic mass is 19.1. The molecule has 0 fully saturated rings. The molecule has 0 aliphatic carbocycles. The second-order valence-corrected chi connectivity index (χ2v) is 5.01. The van der Waals surface area contributed by atoms with Gasteiger partial charge in [-0.3, -0.25) is 0 Å². The summed E-state index contributed by atoms with van der Waals surface area (Å²) in [7, 11) is 0. The van der Waals surface area contributed by atoms with Gasteiger partial charge in [0.1, 0.15) is 11.6 Å². The lowest BCUT2D eigenvalue weighted by Gasteiger charge is -2.12. The Bertz CT molecular complexity index is 592. The molecule has 0 bridgehead atoms. The van der Waals surface area contributed by atoms with Gasteiger partial charge in [-0.25, -0.2) is 14.1 Å². The molecule has 0 saturated carbocycles. The number of halogens is 1. The van der Waals surface area contributed by atoms with Crippen LogP contribution in [0.15, 0.2) is 18.2 Å². The van der Waals surface area contributed by atoms with Crippen LogP contribution in [0.1, 0.15) is 44.4 Å². The Balaban J connectivity index is 2.40. The molecule has 1 aromatic heterocycles. The van der Waals surface area contributed by atoms with E-state index in [-0.39, 0.29) is 5.82 Å². The van der Waals surface area contributed by atoms with E-state index in [1.54, 1.807) is 12.1 Å². The quantitative estimate of drug-likeness (QED) is 0.797. The maximum absolute atomic E-state index is 13.6. The van der Waals surface area contributed by atoms with Crippen LogP contribution >= 0.6 is 0 Å². The molecular weight excluding hydrogens is 267 g/mol. The molecule has 0 aliphatic heterocycles. The van der Waals surface area contributed by atoms with Crippen LogP contribution in [-0.2, 0) is 19.4 Å². The Kier molecular flexibility index (Phi) is 5.44. The molecule has 114 valence electrons. The van der Waals surface area contributed by atoms with E-state index < -0.39 is 0 Å². The summed E-state index contributed by atoms with van der Waals surface area (Å²) >= 11 is 0. The van der Waals surface area contributed by atoms with Crippen LogP contribution in [0.4, 0.5) is 4.39 Å². The number of benzene rings is 1. The van der Waals surface area contributed by atoms with Gasteiger partial charge in [0.25, 0.3) is 0 Å². The lowest BCUT2D eigenvalue weighted by molar-refractivity contribution is 0.615. The second kappa shape index (κ2) is 7.31. The normalized spacial score (nSPS) is 11.0. The Labute approximate surface area is 125 Å². The minimum Gasteiger partial charge on any atom is -0.313 e. The minimum atomic E-state index is -0.221. The summed E-state index contributed by atoms with van der Waals surface area (Å²) < 4.78 is 15.4. The highest BCUT2D eigenvalue weighted by molar-refractivity contribution is 5.41. The van der Waals surface area contributed by atoms with Gasteiger partial charge in [-0.1, -0.05) is 20.8 Å². The highest BCUT2D eigenvalue weighted by Crippen LogP contribution is 2.18. The lowest BCUT2D eigenvalue weighted by Crippen LogP contribution is -2.16. The van der Waals surface area contributed by atoms with Gasteiger partial charge in [0.15, 0.2) is 5.82 Å². The van der Waals surface area contributed by atoms with Crippen molar-refractivity contribution in [2.45, 2.75) is 46.6 Å². The molecule has 0 unspecified atom stereocenters. The third kappa shape index (κ3) is 3.67. The van der Waals surface area contributed by atoms with E-state index in [0.717, 1.165) is 48.7 Å². The summed E-state index contributed by atoms with van der Waals surface area (Å²) in [5.74, 6) is 1.51. The first kappa shape index (κ1) is 15.6. The SMILES string of the molecule is CCCNCc1cc(F)ccc1-n1nc(CC)nc1CC. The molecule has 2 rings (SSSR count). The van der Waals surface area contributed by atoms with Crippen molar-refractivity contribution in [1.82, 2.24) is 20.1 Å². The Morgan fingerprint density at radius 3 is 2.67 bits per heavy atom. The first-order valence-corrected chi connectivity index (χ1v) is 7.63. The van der Waals surface area contributed by atoms with Crippen LogP contribution < -0.4 is 5.32 Å². The summed E-state index contributed by atoms with van der Waals surface area (Å²) in [5.41, 5.74) is 1.81. The monoisotopic (exact) mass is 290 g/mol. The van der Waals surface area contributed by atoms with Crippen molar-refractivity contribution in [3.05, 3.63) is 41.2 Å². The molecule has 21 heavy (non-hydrogen) atoms. The summed E-state index contributed by atoms with van der Waals surface area (Å²) in [4.78, 5) is 4.52. The summed E-state index contributed by atoms with van der Waals surface area (Å²) in [6, 6.07) is 4.84. The zero-order chi connectivity index (χ0) is 15.2. The van der Waals surface area contributed by atoms with E-state index in [1.165, 1.54) is 6.07 Å². The molecule has 0 atom stereocenters. The second-order valence-electron chi connectivity index (χ2n) is 5.01. The van der Waals surface area contributed by atoms with Gasteiger partial charge in [0.05, 0.1) is 5.69 Å². The van der Waals surface area contributed by atoms with E-state index in [4.69, 9.17) is 0 Å². The number of nitrogens with one attached hydrogen (secondary N) is 1. The van der Waals surface area contributed by atoms with Crippen LogP contribution in [0.3, 0.4) is 0 Å². The average molecular weight is 290 g/mol. The number of aryl methyl sites for hydroxylation is 2. The van der Waals surface area contributed by atoms with Gasteiger partial charge in [-0.05, 0) is 36.7 Å². The zero-order valence-corrected chi connectivity index (χ0v) is 13.0. The number of hydrogen-bond donors (Lipinski definition) is 1. The van der Waals surface area contributed by atoms with Gasteiger partial charge in [-0.2, -0.15) is 5.10 Å². The zero-order valence-electron chi connectivity index (χ0n) is 13.0. The highest BCUT2D eigenvalue weighted by Gasteiger charge is 2.13. The first-order chi connectivity index (χ1) is 10.2. The molecular formula is C16H23FN4. The predicted molar refractivity (Wildman–Crippen MR) is 82.1 cm³/mol. The van der Waals surface area contributed by atoms with E-state index >= 15 is 0 Å². The average Bonchev–Trinajstić information content (AvgIpc) is 2.91. The van der Waals surface area contributed by atoms with Crippen molar-refractivity contribution in [2.24, 2.45) is 0 Å². The van der Waals surface area contributed by atoms with Crippen molar-refractivity contribution >= 4 is 0 Å². The molecule has 1 heterocycles. The third-order valence-electron chi connectivity index (χ3n) is 3.36. The fourth-order valence-electron chi connectivity index (χ4n) is 2.27. The van der Waals surface area contributed by atoms with Crippen molar-refractivity contribution < 1.29 is 4.39 Å². The Morgan fingerprint density at radius 2 is 2.00 bits per heavy atom. The molecule has 4 nitrogen and oxygen atoms in total. The summed E-state index contributed by atoms with van der Waals surface area (Å²) in [6.07, 6.45) is 2.64. The molecule has 0 aliphatic rings. The molecule has 0 amide bonds. The molecule has 5 heteroatoms. The van der Waals surface area contributed by atoms with Gasteiger partial charge < -0.3 is 5.32 Å². The Hall–Kier alpha value is -1.75. The van der Waals surface area contributed by atoms with E-state index in [1.807, 2.05) is 11.6 Å². The van der Waals surface area contributed by atoms with Crippen LogP contribution in [0.2, 0.25) is 0 Å². The van der Waals surface area contributed by atoms with Crippen LogP contribution in [-0.4, -0.2) is 21.3 Å². The van der Waals surface area contributed by atoms with E-state index in [0.29, 0.717) is 6.54 Å². The lowest BCUT2D eigenvalue weighted by atomic mass is 10.1. The largest absolute Gasteiger partial charge is 0.313 e. The number of aromatic nitrogens is 3. The molecule has 1 aromatic carbocycles. The minimum absolute atomic E-state index is 0.221. The smallest absolute Gasteiger partial charge is 0.151 e. The number of hydrogen-bond acceptors (Lipinski definition) is 3. The number of rotatable bonds is 7. The summed E-state index contributed by atoms with van der Waals surface area (Å²) in [6.45, 7) is 7.74. The molecule has 0 saturated heterocycles. The number of nitrogens with zero attached hydrogens (tertiary/aromatic N) is 3. The van der Waals surface area contributed by atoms with Gasteiger partial charge >= 0.3 is 0 Å². The fourth-order valence-corrected chi connectivity index (χ4v) is 2.27. The predicted octanol–water partition coefficient (Wildman–Crippen LogP) is 3.03. The maximum Gasteiger partial charge on any atom is 0.151 e. The molecule has 2 aromatic rings. The van der Waals surface area contributed by atoms with Crippen molar-refractivity contribution in [3.63, 3.8) is 0 Å². The molecule has 0 radical (unpaired) electrons. The Morgan fingerprint density at radius 1 is 1.19 bits per heavy atom.